The van der Waals surface area contributed by atoms with Crippen LogP contribution >= 0.6 is 0 Å². The molecular weight excluding hydrogens is 424 g/mol. The van der Waals surface area contributed by atoms with Crippen LogP contribution in [0.15, 0.2) is 109 Å². The summed E-state index contributed by atoms with van der Waals surface area (Å²) in [4.78, 5) is 0. The van der Waals surface area contributed by atoms with Crippen LogP contribution < -0.4 is 9.47 Å². The lowest BCUT2D eigenvalue weighted by Crippen LogP contribution is -2.43. The van der Waals surface area contributed by atoms with Gasteiger partial charge >= 0.3 is 5.97 Å². The van der Waals surface area contributed by atoms with Gasteiger partial charge in [0.1, 0.15) is 17.6 Å². The van der Waals surface area contributed by atoms with E-state index in [0.29, 0.717) is 18.1 Å². The first-order valence-electron chi connectivity index (χ1n) is 11.6. The molecule has 4 aromatic carbocycles. The molecule has 4 nitrogen and oxygen atoms in total. The second kappa shape index (κ2) is 10.1. The minimum Gasteiger partial charge on any atom is -0.430 e. The Balaban J connectivity index is 0.000000157. The average molecular weight is 453 g/mol. The van der Waals surface area contributed by atoms with Gasteiger partial charge < -0.3 is 18.9 Å². The van der Waals surface area contributed by atoms with Crippen LogP contribution in [0.5, 0.6) is 11.5 Å². The Morgan fingerprint density at radius 3 is 1.59 bits per heavy atom. The molecule has 0 spiro atoms. The van der Waals surface area contributed by atoms with E-state index in [9.17, 15) is 0 Å². The molecular formula is C30H28O4. The first-order valence-corrected chi connectivity index (χ1v) is 11.6. The standard InChI is InChI=1S/C17H18O4.C13H10/c1-17(19-13-16-12-18-16,20-14-8-4-2-5-9-14)21-15-10-6-3-7-11-15;1-3-7-12-10(5-1)9-11-6-2-4-8-13(11)12/h2-11,16H,12-13H2,1H3;1-8H,9H2. The lowest BCUT2D eigenvalue weighted by molar-refractivity contribution is -0.290. The number of ether oxygens (including phenoxy) is 4. The monoisotopic (exact) mass is 452 g/mol. The van der Waals surface area contributed by atoms with Crippen molar-refractivity contribution in [3.05, 3.63) is 120 Å². The van der Waals surface area contributed by atoms with E-state index in [1.54, 1.807) is 6.92 Å². The van der Waals surface area contributed by atoms with Crippen LogP contribution in [0.1, 0.15) is 18.1 Å². The number of fused-ring (bicyclic) bond motifs is 3. The van der Waals surface area contributed by atoms with Gasteiger partial charge in [-0.05, 0) is 52.9 Å². The highest BCUT2D eigenvalue weighted by Gasteiger charge is 2.34. The number of benzene rings is 4. The van der Waals surface area contributed by atoms with Crippen molar-refractivity contribution in [2.24, 2.45) is 0 Å². The van der Waals surface area contributed by atoms with E-state index in [2.05, 4.69) is 48.5 Å². The van der Waals surface area contributed by atoms with Gasteiger partial charge in [0.25, 0.3) is 0 Å². The van der Waals surface area contributed by atoms with Crippen molar-refractivity contribution in [2.45, 2.75) is 25.4 Å². The maximum absolute atomic E-state index is 5.88. The van der Waals surface area contributed by atoms with E-state index in [-0.39, 0.29) is 6.10 Å². The molecule has 0 N–H and O–H groups in total. The zero-order valence-electron chi connectivity index (χ0n) is 19.2. The van der Waals surface area contributed by atoms with Crippen molar-refractivity contribution >= 4 is 0 Å². The second-order valence-electron chi connectivity index (χ2n) is 8.45. The molecule has 1 heterocycles. The summed E-state index contributed by atoms with van der Waals surface area (Å²) >= 11 is 0. The van der Waals surface area contributed by atoms with Crippen molar-refractivity contribution < 1.29 is 18.9 Å². The molecule has 0 amide bonds. The first-order chi connectivity index (χ1) is 16.7. The number of hydrogen-bond donors (Lipinski definition) is 0. The molecule has 4 aromatic rings. The topological polar surface area (TPSA) is 40.2 Å². The molecule has 4 heteroatoms. The zero-order chi connectivity index (χ0) is 23.2. The van der Waals surface area contributed by atoms with Crippen LogP contribution in [0.25, 0.3) is 11.1 Å². The van der Waals surface area contributed by atoms with Crippen molar-refractivity contribution in [2.75, 3.05) is 13.2 Å². The van der Waals surface area contributed by atoms with Crippen molar-refractivity contribution in [1.82, 2.24) is 0 Å². The Bertz CT molecular complexity index is 1120. The Kier molecular flexibility index (Phi) is 6.61. The molecule has 0 bridgehead atoms. The van der Waals surface area contributed by atoms with Gasteiger partial charge in [-0.15, -0.1) is 0 Å². The van der Waals surface area contributed by atoms with Crippen LogP contribution in [0.3, 0.4) is 0 Å². The summed E-state index contributed by atoms with van der Waals surface area (Å²) in [7, 11) is 0. The van der Waals surface area contributed by atoms with E-state index >= 15 is 0 Å². The van der Waals surface area contributed by atoms with Gasteiger partial charge in [-0.1, -0.05) is 84.9 Å². The van der Waals surface area contributed by atoms with Gasteiger partial charge in [-0.3, -0.25) is 0 Å². The third kappa shape index (κ3) is 5.66. The Morgan fingerprint density at radius 1 is 0.676 bits per heavy atom. The quantitative estimate of drug-likeness (QED) is 0.209. The van der Waals surface area contributed by atoms with Gasteiger partial charge in [-0.2, -0.15) is 0 Å². The van der Waals surface area contributed by atoms with Crippen LogP contribution in [-0.4, -0.2) is 25.3 Å². The maximum atomic E-state index is 5.88. The van der Waals surface area contributed by atoms with E-state index in [0.717, 1.165) is 13.0 Å². The Hall–Kier alpha value is -3.60. The average Bonchev–Trinajstić information content (AvgIpc) is 3.63. The van der Waals surface area contributed by atoms with Crippen molar-refractivity contribution in [1.29, 1.82) is 0 Å². The fraction of sp³-hybridized carbons (Fsp3) is 0.200. The smallest absolute Gasteiger partial charge is 0.368 e. The van der Waals surface area contributed by atoms with Crippen LogP contribution in [-0.2, 0) is 15.9 Å². The van der Waals surface area contributed by atoms with E-state index in [1.807, 2.05) is 60.7 Å². The highest BCUT2D eigenvalue weighted by molar-refractivity contribution is 5.76. The van der Waals surface area contributed by atoms with Gasteiger partial charge in [0.05, 0.1) is 13.2 Å². The summed E-state index contributed by atoms with van der Waals surface area (Å²) in [6.45, 7) is 2.93. The minimum atomic E-state index is -1.20. The first kappa shape index (κ1) is 22.2. The molecule has 34 heavy (non-hydrogen) atoms. The molecule has 1 aliphatic heterocycles. The predicted octanol–water partition coefficient (Wildman–Crippen LogP) is 6.49. The van der Waals surface area contributed by atoms with E-state index < -0.39 is 5.97 Å². The highest BCUT2D eigenvalue weighted by Crippen LogP contribution is 2.35. The molecule has 1 saturated heterocycles. The van der Waals surface area contributed by atoms with Crippen LogP contribution in [0, 0.1) is 0 Å². The highest BCUT2D eigenvalue weighted by atomic mass is 16.9. The summed E-state index contributed by atoms with van der Waals surface area (Å²) in [5.74, 6) is 0.176. The molecule has 1 fully saturated rings. The summed E-state index contributed by atoms with van der Waals surface area (Å²) in [5.41, 5.74) is 5.75. The third-order valence-electron chi connectivity index (χ3n) is 5.73. The van der Waals surface area contributed by atoms with Gasteiger partial charge in [0, 0.05) is 6.92 Å². The molecule has 6 rings (SSSR count). The molecule has 0 saturated carbocycles. The van der Waals surface area contributed by atoms with Gasteiger partial charge in [0.15, 0.2) is 0 Å². The predicted molar refractivity (Wildman–Crippen MR) is 133 cm³/mol. The summed E-state index contributed by atoms with van der Waals surface area (Å²) in [6.07, 6.45) is 1.25. The van der Waals surface area contributed by atoms with Crippen LogP contribution in [0.2, 0.25) is 0 Å². The molecule has 1 atom stereocenters. The van der Waals surface area contributed by atoms with Crippen molar-refractivity contribution in [3.63, 3.8) is 0 Å². The second-order valence-corrected chi connectivity index (χ2v) is 8.45. The number of rotatable bonds is 7. The fourth-order valence-corrected chi connectivity index (χ4v) is 3.97. The number of hydrogen-bond acceptors (Lipinski definition) is 4. The van der Waals surface area contributed by atoms with Gasteiger partial charge in [0.2, 0.25) is 0 Å². The van der Waals surface area contributed by atoms with E-state index in [1.165, 1.54) is 22.3 Å². The van der Waals surface area contributed by atoms with Crippen molar-refractivity contribution in [3.8, 4) is 22.6 Å². The third-order valence-corrected chi connectivity index (χ3v) is 5.73. The van der Waals surface area contributed by atoms with E-state index in [4.69, 9.17) is 18.9 Å². The molecule has 1 unspecified atom stereocenters. The summed E-state index contributed by atoms with van der Waals surface area (Å²) in [6, 6.07) is 36.3. The summed E-state index contributed by atoms with van der Waals surface area (Å²) in [5, 5.41) is 0. The number of epoxide rings is 1. The zero-order valence-corrected chi connectivity index (χ0v) is 19.2. The lowest BCUT2D eigenvalue weighted by Gasteiger charge is -2.30. The molecule has 0 aromatic heterocycles. The maximum Gasteiger partial charge on any atom is 0.368 e. The molecule has 1 aliphatic carbocycles. The van der Waals surface area contributed by atoms with Crippen LogP contribution in [0.4, 0.5) is 0 Å². The Morgan fingerprint density at radius 2 is 1.12 bits per heavy atom. The fourth-order valence-electron chi connectivity index (χ4n) is 3.97. The normalized spacial score (nSPS) is 15.4. The lowest BCUT2D eigenvalue weighted by atomic mass is 10.1. The minimum absolute atomic E-state index is 0.142. The van der Waals surface area contributed by atoms with Gasteiger partial charge in [-0.25, -0.2) is 0 Å². The summed E-state index contributed by atoms with van der Waals surface area (Å²) < 4.78 is 22.7. The Labute approximate surface area is 200 Å². The molecule has 172 valence electrons. The number of para-hydroxylation sites is 2. The molecule has 0 radical (unpaired) electrons. The SMILES string of the molecule is CC(OCC1CO1)(Oc1ccccc1)Oc1ccccc1.c1ccc2c(c1)Cc1ccccc1-2. The molecule has 2 aliphatic rings. The largest absolute Gasteiger partial charge is 0.430 e.